The smallest absolute Gasteiger partial charge is 0.326 e. The monoisotopic (exact) mass is 466 g/mol. The first-order chi connectivity index (χ1) is 14.9. The number of hydrogen-bond donors (Lipinski definition) is 2. The zero-order valence-electron chi connectivity index (χ0n) is 18.0. The molecule has 6 nitrogen and oxygen atoms in total. The Morgan fingerprint density at radius 3 is 2.66 bits per heavy atom. The van der Waals surface area contributed by atoms with Gasteiger partial charge in [-0.1, -0.05) is 38.6 Å². The predicted octanol–water partition coefficient (Wildman–Crippen LogP) is 4.82. The first-order valence-corrected chi connectivity index (χ1v) is 11.4. The van der Waals surface area contributed by atoms with E-state index in [1.165, 1.54) is 18.6 Å². The van der Waals surface area contributed by atoms with Crippen molar-refractivity contribution >= 4 is 40.1 Å². The van der Waals surface area contributed by atoms with E-state index in [1.807, 2.05) is 0 Å². The molecular formula is C22H25F3N4O2S. The SMILES string of the molecule is CC1(C)[C@H]2CC[C@]1(C)/C(=N/N=C1\NC(=O)[C@@H](CC(=O)Nc3cccc(C(F)(F)F)c3)S1)C2. The minimum Gasteiger partial charge on any atom is -0.326 e. The highest BCUT2D eigenvalue weighted by molar-refractivity contribution is 8.15. The molecule has 3 fully saturated rings. The fourth-order valence-corrected chi connectivity index (χ4v) is 5.84. The van der Waals surface area contributed by atoms with E-state index in [-0.39, 0.29) is 28.8 Å². The van der Waals surface area contributed by atoms with Crippen LogP contribution < -0.4 is 10.6 Å². The maximum absolute atomic E-state index is 12.8. The van der Waals surface area contributed by atoms with Crippen LogP contribution in [0.5, 0.6) is 0 Å². The van der Waals surface area contributed by atoms with Crippen LogP contribution in [0, 0.1) is 16.7 Å². The van der Waals surface area contributed by atoms with Crippen molar-refractivity contribution in [1.29, 1.82) is 0 Å². The van der Waals surface area contributed by atoms with E-state index in [2.05, 4.69) is 41.6 Å². The number of alkyl halides is 3. The van der Waals surface area contributed by atoms with Gasteiger partial charge in [-0.15, -0.1) is 5.10 Å². The highest BCUT2D eigenvalue weighted by Gasteiger charge is 2.60. The van der Waals surface area contributed by atoms with Gasteiger partial charge >= 0.3 is 6.18 Å². The molecule has 32 heavy (non-hydrogen) atoms. The van der Waals surface area contributed by atoms with Crippen LogP contribution in [-0.4, -0.2) is 27.9 Å². The number of hydrogen-bond acceptors (Lipinski definition) is 5. The molecule has 0 radical (unpaired) electrons. The molecular weight excluding hydrogens is 441 g/mol. The highest BCUT2D eigenvalue weighted by atomic mass is 32.2. The molecule has 1 saturated heterocycles. The zero-order chi connectivity index (χ0) is 23.3. The Hall–Kier alpha value is -2.36. The summed E-state index contributed by atoms with van der Waals surface area (Å²) in [5.74, 6) is -0.330. The number of anilines is 1. The molecule has 0 aromatic heterocycles. The molecule has 2 N–H and O–H groups in total. The summed E-state index contributed by atoms with van der Waals surface area (Å²) in [5, 5.41) is 13.4. The summed E-state index contributed by atoms with van der Waals surface area (Å²) < 4.78 is 38.5. The van der Waals surface area contributed by atoms with Crippen molar-refractivity contribution in [2.24, 2.45) is 27.0 Å². The van der Waals surface area contributed by atoms with Gasteiger partial charge in [0.2, 0.25) is 11.8 Å². The molecule has 1 aromatic rings. The van der Waals surface area contributed by atoms with Crippen molar-refractivity contribution in [3.8, 4) is 0 Å². The minimum absolute atomic E-state index is 0.000748. The van der Waals surface area contributed by atoms with E-state index in [1.54, 1.807) is 0 Å². The summed E-state index contributed by atoms with van der Waals surface area (Å²) >= 11 is 1.11. The minimum atomic E-state index is -4.50. The molecule has 0 spiro atoms. The Morgan fingerprint density at radius 2 is 2.03 bits per heavy atom. The van der Waals surface area contributed by atoms with Gasteiger partial charge in [0, 0.05) is 23.2 Å². The summed E-state index contributed by atoms with van der Waals surface area (Å²) in [4.78, 5) is 24.6. The number of fused-ring (bicyclic) bond motifs is 2. The molecule has 3 atom stereocenters. The van der Waals surface area contributed by atoms with E-state index in [0.29, 0.717) is 11.1 Å². The molecule has 2 bridgehead atoms. The van der Waals surface area contributed by atoms with Crippen LogP contribution in [-0.2, 0) is 15.8 Å². The van der Waals surface area contributed by atoms with Crippen LogP contribution in [0.15, 0.2) is 34.5 Å². The van der Waals surface area contributed by atoms with Crippen molar-refractivity contribution in [2.45, 2.75) is 57.9 Å². The first kappa shape index (κ1) is 22.8. The number of amidine groups is 1. The van der Waals surface area contributed by atoms with Crippen LogP contribution in [0.3, 0.4) is 0 Å². The average molecular weight is 467 g/mol. The molecule has 3 aliphatic rings. The topological polar surface area (TPSA) is 82.9 Å². The normalized spacial score (nSPS) is 31.4. The lowest BCUT2D eigenvalue weighted by Crippen LogP contribution is -2.32. The van der Waals surface area contributed by atoms with Gasteiger partial charge in [0.15, 0.2) is 5.17 Å². The van der Waals surface area contributed by atoms with Gasteiger partial charge in [-0.3, -0.25) is 9.59 Å². The third-order valence-corrected chi connectivity index (χ3v) is 8.47. The standard InChI is InChI=1S/C22H25F3N4O2S/c1-20(2)12-7-8-21(20,3)16(10-12)28-29-19-27-18(31)15(32-19)11-17(30)26-14-6-4-5-13(9-14)22(23,24)25/h4-6,9,12,15H,7-8,10-11H2,1-3H3,(H,26,30)(H,27,29,31)/b28-16+/t12-,15+,21+/m0/s1. The van der Waals surface area contributed by atoms with Gasteiger partial charge in [-0.05, 0) is 48.8 Å². The third kappa shape index (κ3) is 4.04. The quantitative estimate of drug-likeness (QED) is 0.624. The van der Waals surface area contributed by atoms with Crippen molar-refractivity contribution in [1.82, 2.24) is 5.32 Å². The van der Waals surface area contributed by atoms with Crippen molar-refractivity contribution in [2.75, 3.05) is 5.32 Å². The largest absolute Gasteiger partial charge is 0.416 e. The van der Waals surface area contributed by atoms with Crippen molar-refractivity contribution in [3.05, 3.63) is 29.8 Å². The number of amides is 2. The van der Waals surface area contributed by atoms with Crippen LogP contribution in [0.2, 0.25) is 0 Å². The summed E-state index contributed by atoms with van der Waals surface area (Å²) in [5.41, 5.74) is 0.392. The second-order valence-corrected chi connectivity index (χ2v) is 10.6. The van der Waals surface area contributed by atoms with E-state index in [9.17, 15) is 22.8 Å². The number of carbonyl (C=O) groups is 2. The summed E-state index contributed by atoms with van der Waals surface area (Å²) in [6.07, 6.45) is -1.52. The number of halogens is 3. The maximum atomic E-state index is 12.8. The number of nitrogens with one attached hydrogen (secondary N) is 2. The summed E-state index contributed by atoms with van der Waals surface area (Å²) in [6.45, 7) is 6.76. The third-order valence-electron chi connectivity index (χ3n) is 7.39. The second kappa shape index (κ2) is 7.90. The van der Waals surface area contributed by atoms with Gasteiger partial charge in [0.05, 0.1) is 5.56 Å². The summed E-state index contributed by atoms with van der Waals surface area (Å²) in [6, 6.07) is 4.38. The molecule has 10 heteroatoms. The van der Waals surface area contributed by atoms with Gasteiger partial charge in [-0.25, -0.2) is 0 Å². The van der Waals surface area contributed by atoms with Gasteiger partial charge in [0.1, 0.15) is 5.25 Å². The van der Waals surface area contributed by atoms with Gasteiger partial charge in [-0.2, -0.15) is 18.3 Å². The van der Waals surface area contributed by atoms with Crippen molar-refractivity contribution in [3.63, 3.8) is 0 Å². The van der Waals surface area contributed by atoms with E-state index < -0.39 is 22.9 Å². The second-order valence-electron chi connectivity index (χ2n) is 9.37. The van der Waals surface area contributed by atoms with Gasteiger partial charge in [0.25, 0.3) is 0 Å². The fraction of sp³-hybridized carbons (Fsp3) is 0.545. The van der Waals surface area contributed by atoms with Gasteiger partial charge < -0.3 is 10.6 Å². The van der Waals surface area contributed by atoms with E-state index in [0.717, 1.165) is 42.4 Å². The molecule has 2 amide bonds. The average Bonchev–Trinajstić information content (AvgIpc) is 3.22. The van der Waals surface area contributed by atoms with Crippen LogP contribution in [0.4, 0.5) is 18.9 Å². The number of nitrogens with zero attached hydrogens (tertiary/aromatic N) is 2. The zero-order valence-corrected chi connectivity index (χ0v) is 18.9. The predicted molar refractivity (Wildman–Crippen MR) is 118 cm³/mol. The number of carbonyl (C=O) groups excluding carboxylic acids is 2. The molecule has 4 rings (SSSR count). The molecule has 2 aliphatic carbocycles. The lowest BCUT2D eigenvalue weighted by molar-refractivity contribution is -0.137. The Bertz CT molecular complexity index is 1020. The highest BCUT2D eigenvalue weighted by Crippen LogP contribution is 2.64. The summed E-state index contributed by atoms with van der Waals surface area (Å²) in [7, 11) is 0. The molecule has 2 saturated carbocycles. The molecule has 1 aromatic carbocycles. The maximum Gasteiger partial charge on any atom is 0.416 e. The lowest BCUT2D eigenvalue weighted by Gasteiger charge is -2.34. The number of thioether (sulfide) groups is 1. The van der Waals surface area contributed by atoms with Crippen LogP contribution >= 0.6 is 11.8 Å². The number of rotatable bonds is 4. The molecule has 1 aliphatic heterocycles. The Balaban J connectivity index is 1.38. The van der Waals surface area contributed by atoms with E-state index in [4.69, 9.17) is 0 Å². The molecule has 1 heterocycles. The number of benzene rings is 1. The Labute approximate surface area is 188 Å². The molecule has 0 unspecified atom stereocenters. The Morgan fingerprint density at radius 1 is 1.28 bits per heavy atom. The Kier molecular flexibility index (Phi) is 5.63. The van der Waals surface area contributed by atoms with E-state index >= 15 is 0 Å². The molecule has 172 valence electrons. The van der Waals surface area contributed by atoms with Crippen molar-refractivity contribution < 1.29 is 22.8 Å². The fourth-order valence-electron chi connectivity index (χ4n) is 4.93. The van der Waals surface area contributed by atoms with Crippen LogP contribution in [0.25, 0.3) is 0 Å². The lowest BCUT2D eigenvalue weighted by atomic mass is 9.70. The first-order valence-electron chi connectivity index (χ1n) is 10.5. The van der Waals surface area contributed by atoms with Crippen LogP contribution in [0.1, 0.15) is 52.0 Å².